The molecule has 0 amide bonds. The molecule has 0 atom stereocenters. The van der Waals surface area contributed by atoms with Gasteiger partial charge in [0, 0.05) is 19.0 Å². The molecule has 0 aliphatic carbocycles. The van der Waals surface area contributed by atoms with Crippen LogP contribution in [0, 0.1) is 0 Å². The summed E-state index contributed by atoms with van der Waals surface area (Å²) in [7, 11) is 0. The molecule has 1 aromatic heterocycles. The molecule has 8 heteroatoms. The van der Waals surface area contributed by atoms with Gasteiger partial charge in [0.25, 0.3) is 0 Å². The molecule has 1 saturated heterocycles. The first-order valence-corrected chi connectivity index (χ1v) is 8.25. The molecule has 2 N–H and O–H groups in total. The van der Waals surface area contributed by atoms with E-state index in [-0.39, 0.29) is 5.54 Å². The Labute approximate surface area is 149 Å². The van der Waals surface area contributed by atoms with E-state index in [1.165, 1.54) is 12.1 Å². The zero-order valence-corrected chi connectivity index (χ0v) is 14.6. The second kappa shape index (κ2) is 6.68. The number of aliphatic hydroxyl groups is 1. The van der Waals surface area contributed by atoms with E-state index in [0.717, 1.165) is 17.7 Å². The van der Waals surface area contributed by atoms with E-state index in [1.54, 1.807) is 19.9 Å². The molecule has 0 saturated carbocycles. The number of halogens is 3. The van der Waals surface area contributed by atoms with Crippen molar-refractivity contribution in [2.45, 2.75) is 44.1 Å². The third-order valence-electron chi connectivity index (χ3n) is 4.39. The van der Waals surface area contributed by atoms with Crippen molar-refractivity contribution in [3.05, 3.63) is 52.9 Å². The highest BCUT2D eigenvalue weighted by atomic mass is 19.4. The van der Waals surface area contributed by atoms with Gasteiger partial charge in [-0.2, -0.15) is 13.2 Å². The van der Waals surface area contributed by atoms with Gasteiger partial charge in [0.15, 0.2) is 5.76 Å². The van der Waals surface area contributed by atoms with Crippen LogP contribution in [0.3, 0.4) is 0 Å². The van der Waals surface area contributed by atoms with Crippen LogP contribution in [-0.4, -0.2) is 29.0 Å². The summed E-state index contributed by atoms with van der Waals surface area (Å²) in [6.07, 6.45) is -3.80. The smallest absolute Gasteiger partial charge is 0.382 e. The van der Waals surface area contributed by atoms with Crippen LogP contribution in [0.5, 0.6) is 0 Å². The maximum absolute atomic E-state index is 12.6. The SMILES string of the molecule is CC(C)(O)c1cc(CC2(NCc3ccc(C(F)(F)F)cc3)COC2)no1. The molecule has 1 fully saturated rings. The second-order valence-corrected chi connectivity index (χ2v) is 7.24. The summed E-state index contributed by atoms with van der Waals surface area (Å²) in [5, 5.41) is 17.3. The fourth-order valence-corrected chi connectivity index (χ4v) is 2.75. The Morgan fingerprint density at radius 1 is 1.19 bits per heavy atom. The van der Waals surface area contributed by atoms with E-state index in [0.29, 0.717) is 37.6 Å². The minimum atomic E-state index is -4.33. The first kappa shape index (κ1) is 18.9. The van der Waals surface area contributed by atoms with Crippen LogP contribution < -0.4 is 5.32 Å². The number of aromatic nitrogens is 1. The molecule has 3 rings (SSSR count). The third kappa shape index (κ3) is 4.25. The van der Waals surface area contributed by atoms with Gasteiger partial charge in [-0.05, 0) is 31.5 Å². The van der Waals surface area contributed by atoms with Crippen molar-refractivity contribution in [2.24, 2.45) is 0 Å². The molecule has 1 aliphatic rings. The van der Waals surface area contributed by atoms with E-state index in [9.17, 15) is 18.3 Å². The molecule has 142 valence electrons. The Morgan fingerprint density at radius 2 is 1.85 bits per heavy atom. The Morgan fingerprint density at radius 3 is 2.31 bits per heavy atom. The average Bonchev–Trinajstić information content (AvgIpc) is 2.98. The molecule has 0 spiro atoms. The van der Waals surface area contributed by atoms with Crippen molar-refractivity contribution < 1.29 is 27.5 Å². The largest absolute Gasteiger partial charge is 0.416 e. The molecule has 0 radical (unpaired) electrons. The topological polar surface area (TPSA) is 67.5 Å². The van der Waals surface area contributed by atoms with Crippen LogP contribution >= 0.6 is 0 Å². The van der Waals surface area contributed by atoms with Crippen LogP contribution in [0.15, 0.2) is 34.9 Å². The minimum absolute atomic E-state index is 0.351. The van der Waals surface area contributed by atoms with E-state index < -0.39 is 17.3 Å². The van der Waals surface area contributed by atoms with Gasteiger partial charge in [-0.15, -0.1) is 0 Å². The van der Waals surface area contributed by atoms with Crippen LogP contribution in [-0.2, 0) is 29.5 Å². The fourth-order valence-electron chi connectivity index (χ4n) is 2.75. The first-order chi connectivity index (χ1) is 12.1. The zero-order valence-electron chi connectivity index (χ0n) is 14.6. The highest BCUT2D eigenvalue weighted by molar-refractivity contribution is 5.25. The molecular weight excluding hydrogens is 349 g/mol. The summed E-state index contributed by atoms with van der Waals surface area (Å²) in [5.41, 5.74) is -0.685. The molecular formula is C18H21F3N2O3. The maximum Gasteiger partial charge on any atom is 0.416 e. The first-order valence-electron chi connectivity index (χ1n) is 8.25. The summed E-state index contributed by atoms with van der Waals surface area (Å²) in [5.74, 6) is 0.380. The number of hydrogen-bond donors (Lipinski definition) is 2. The predicted octanol–water partition coefficient (Wildman–Crippen LogP) is 3.02. The van der Waals surface area contributed by atoms with Gasteiger partial charge in [-0.1, -0.05) is 17.3 Å². The van der Waals surface area contributed by atoms with E-state index in [4.69, 9.17) is 9.26 Å². The van der Waals surface area contributed by atoms with Crippen molar-refractivity contribution in [3.8, 4) is 0 Å². The molecule has 0 bridgehead atoms. The van der Waals surface area contributed by atoms with Gasteiger partial charge < -0.3 is 19.7 Å². The average molecular weight is 370 g/mol. The summed E-state index contributed by atoms with van der Waals surface area (Å²) < 4.78 is 48.4. The normalized spacial score (nSPS) is 17.2. The van der Waals surface area contributed by atoms with Gasteiger partial charge >= 0.3 is 6.18 Å². The summed E-state index contributed by atoms with van der Waals surface area (Å²) in [6, 6.07) is 6.79. The lowest BCUT2D eigenvalue weighted by Crippen LogP contribution is -2.61. The number of benzene rings is 1. The van der Waals surface area contributed by atoms with Crippen LogP contribution in [0.2, 0.25) is 0 Å². The minimum Gasteiger partial charge on any atom is -0.382 e. The van der Waals surface area contributed by atoms with Crippen molar-refractivity contribution >= 4 is 0 Å². The summed E-state index contributed by atoms with van der Waals surface area (Å²) >= 11 is 0. The third-order valence-corrected chi connectivity index (χ3v) is 4.39. The molecule has 1 aromatic carbocycles. The van der Waals surface area contributed by atoms with Gasteiger partial charge in [-0.3, -0.25) is 0 Å². The fraction of sp³-hybridized carbons (Fsp3) is 0.500. The predicted molar refractivity (Wildman–Crippen MR) is 87.3 cm³/mol. The standard InChI is InChI=1S/C18H21F3N2O3/c1-16(2,24)15-7-14(23-26-15)8-17(10-25-11-17)22-9-12-3-5-13(6-4-12)18(19,20)21/h3-7,22,24H,8-11H2,1-2H3. The van der Waals surface area contributed by atoms with E-state index in [2.05, 4.69) is 10.5 Å². The number of ether oxygens (including phenoxy) is 1. The molecule has 1 aliphatic heterocycles. The Hall–Kier alpha value is -1.90. The zero-order chi connectivity index (χ0) is 19.0. The highest BCUT2D eigenvalue weighted by Gasteiger charge is 2.39. The number of nitrogens with one attached hydrogen (secondary N) is 1. The van der Waals surface area contributed by atoms with Crippen LogP contribution in [0.25, 0.3) is 0 Å². The maximum atomic E-state index is 12.6. The molecule has 2 aromatic rings. The summed E-state index contributed by atoms with van der Waals surface area (Å²) in [6.45, 7) is 4.58. The Bertz CT molecular complexity index is 744. The Balaban J connectivity index is 1.63. The number of nitrogens with zero attached hydrogens (tertiary/aromatic N) is 1. The monoisotopic (exact) mass is 370 g/mol. The van der Waals surface area contributed by atoms with Gasteiger partial charge in [0.2, 0.25) is 0 Å². The van der Waals surface area contributed by atoms with E-state index >= 15 is 0 Å². The van der Waals surface area contributed by atoms with Crippen molar-refractivity contribution in [2.75, 3.05) is 13.2 Å². The van der Waals surface area contributed by atoms with Gasteiger partial charge in [-0.25, -0.2) is 0 Å². The molecule has 0 unspecified atom stereocenters. The number of rotatable bonds is 6. The Kier molecular flexibility index (Phi) is 4.85. The van der Waals surface area contributed by atoms with Crippen molar-refractivity contribution in [1.29, 1.82) is 0 Å². The quantitative estimate of drug-likeness (QED) is 0.818. The molecule has 2 heterocycles. The van der Waals surface area contributed by atoms with Crippen LogP contribution in [0.1, 0.15) is 36.4 Å². The lowest BCUT2D eigenvalue weighted by atomic mass is 9.90. The van der Waals surface area contributed by atoms with Gasteiger partial charge in [0.05, 0.1) is 30.0 Å². The molecule has 5 nitrogen and oxygen atoms in total. The lowest BCUT2D eigenvalue weighted by molar-refractivity contribution is -0.137. The number of hydrogen-bond acceptors (Lipinski definition) is 5. The second-order valence-electron chi connectivity index (χ2n) is 7.24. The van der Waals surface area contributed by atoms with Crippen molar-refractivity contribution in [1.82, 2.24) is 10.5 Å². The molecule has 26 heavy (non-hydrogen) atoms. The van der Waals surface area contributed by atoms with Gasteiger partial charge in [0.1, 0.15) is 5.60 Å². The lowest BCUT2D eigenvalue weighted by Gasteiger charge is -2.42. The summed E-state index contributed by atoms with van der Waals surface area (Å²) in [4.78, 5) is 0. The van der Waals surface area contributed by atoms with Crippen molar-refractivity contribution in [3.63, 3.8) is 0 Å². The number of alkyl halides is 3. The van der Waals surface area contributed by atoms with E-state index in [1.807, 2.05) is 0 Å². The van der Waals surface area contributed by atoms with Crippen LogP contribution in [0.4, 0.5) is 13.2 Å². The highest BCUT2D eigenvalue weighted by Crippen LogP contribution is 2.30.